The predicted molar refractivity (Wildman–Crippen MR) is 120 cm³/mol. The van der Waals surface area contributed by atoms with Gasteiger partial charge in [0.05, 0.1) is 23.2 Å². The second-order valence-corrected chi connectivity index (χ2v) is 6.90. The second-order valence-electron chi connectivity index (χ2n) is 6.49. The van der Waals surface area contributed by atoms with Crippen molar-refractivity contribution in [2.24, 2.45) is 0 Å². The van der Waals surface area contributed by atoms with Crippen LogP contribution in [-0.4, -0.2) is 11.5 Å². The van der Waals surface area contributed by atoms with E-state index in [0.717, 1.165) is 11.1 Å². The molecule has 0 aliphatic carbocycles. The van der Waals surface area contributed by atoms with Gasteiger partial charge in [-0.05, 0) is 54.5 Å². The van der Waals surface area contributed by atoms with E-state index in [4.69, 9.17) is 21.1 Å². The van der Waals surface area contributed by atoms with E-state index in [1.54, 1.807) is 36.4 Å². The minimum absolute atomic E-state index is 0.0281. The van der Waals surface area contributed by atoms with Crippen molar-refractivity contribution in [1.29, 1.82) is 5.26 Å². The molecule has 0 bridgehead atoms. The molecule has 156 valence electrons. The first kappa shape index (κ1) is 21.9. The molecule has 6 nitrogen and oxygen atoms in total. The molecule has 0 amide bonds. The molecular weight excluding hydrogens is 416 g/mol. The molecule has 0 N–H and O–H groups in total. The maximum Gasteiger partial charge on any atom is 0.269 e. The van der Waals surface area contributed by atoms with Crippen LogP contribution < -0.4 is 9.47 Å². The van der Waals surface area contributed by atoms with Crippen LogP contribution in [0.15, 0.2) is 66.7 Å². The van der Waals surface area contributed by atoms with Crippen LogP contribution in [0.3, 0.4) is 0 Å². The number of nitriles is 1. The fraction of sp³-hybridized carbons (Fsp3) is 0.125. The molecule has 0 saturated heterocycles. The van der Waals surface area contributed by atoms with Crippen molar-refractivity contribution in [2.75, 3.05) is 6.61 Å². The van der Waals surface area contributed by atoms with E-state index in [-0.39, 0.29) is 5.69 Å². The molecule has 3 aromatic carbocycles. The number of halogens is 1. The fourth-order valence-corrected chi connectivity index (χ4v) is 3.07. The summed E-state index contributed by atoms with van der Waals surface area (Å²) in [5, 5.41) is 21.0. The van der Waals surface area contributed by atoms with E-state index in [9.17, 15) is 15.4 Å². The monoisotopic (exact) mass is 434 g/mol. The standard InChI is InChI=1S/C24H19ClN2O4/c1-2-30-24-14-17(7-12-23(24)31-16-19-5-3-4-6-22(19)25)13-20(15-26)18-8-10-21(11-9-18)27(28)29/h3-14H,2,16H2,1H3. The summed E-state index contributed by atoms with van der Waals surface area (Å²) >= 11 is 6.19. The summed E-state index contributed by atoms with van der Waals surface area (Å²) < 4.78 is 11.6. The molecule has 3 rings (SSSR count). The van der Waals surface area contributed by atoms with Gasteiger partial charge in [-0.25, -0.2) is 0 Å². The van der Waals surface area contributed by atoms with Crippen molar-refractivity contribution >= 4 is 28.9 Å². The molecule has 3 aromatic rings. The van der Waals surface area contributed by atoms with Crippen LogP contribution in [-0.2, 0) is 6.61 Å². The molecule has 0 aromatic heterocycles. The minimum atomic E-state index is -0.477. The number of rotatable bonds is 8. The molecule has 0 unspecified atom stereocenters. The number of hydrogen-bond donors (Lipinski definition) is 0. The van der Waals surface area contributed by atoms with Gasteiger partial charge in [0.15, 0.2) is 11.5 Å². The lowest BCUT2D eigenvalue weighted by atomic mass is 10.0. The van der Waals surface area contributed by atoms with Gasteiger partial charge in [0.25, 0.3) is 5.69 Å². The largest absolute Gasteiger partial charge is 0.490 e. The Hall–Kier alpha value is -3.82. The lowest BCUT2D eigenvalue weighted by molar-refractivity contribution is -0.384. The number of allylic oxidation sites excluding steroid dienone is 1. The predicted octanol–water partition coefficient (Wildman–Crippen LogP) is 6.29. The van der Waals surface area contributed by atoms with Crippen molar-refractivity contribution in [3.05, 3.63) is 98.6 Å². The van der Waals surface area contributed by atoms with Gasteiger partial charge in [-0.15, -0.1) is 0 Å². The smallest absolute Gasteiger partial charge is 0.269 e. The molecule has 0 spiro atoms. The average molecular weight is 435 g/mol. The zero-order valence-corrected chi connectivity index (χ0v) is 17.5. The fourth-order valence-electron chi connectivity index (χ4n) is 2.88. The van der Waals surface area contributed by atoms with Gasteiger partial charge in [0.2, 0.25) is 0 Å². The van der Waals surface area contributed by atoms with E-state index in [1.165, 1.54) is 12.1 Å². The summed E-state index contributed by atoms with van der Waals surface area (Å²) in [6, 6.07) is 20.8. The van der Waals surface area contributed by atoms with Gasteiger partial charge in [-0.2, -0.15) is 5.26 Å². The maximum atomic E-state index is 10.8. The van der Waals surface area contributed by atoms with Crippen LogP contribution in [0.25, 0.3) is 11.6 Å². The van der Waals surface area contributed by atoms with E-state index < -0.39 is 4.92 Å². The van der Waals surface area contributed by atoms with Crippen LogP contribution in [0.4, 0.5) is 5.69 Å². The summed E-state index contributed by atoms with van der Waals surface area (Å²) in [7, 11) is 0. The third kappa shape index (κ3) is 5.62. The highest BCUT2D eigenvalue weighted by Gasteiger charge is 2.10. The molecule has 0 heterocycles. The van der Waals surface area contributed by atoms with Crippen molar-refractivity contribution < 1.29 is 14.4 Å². The molecular formula is C24H19ClN2O4. The van der Waals surface area contributed by atoms with E-state index >= 15 is 0 Å². The lowest BCUT2D eigenvalue weighted by Gasteiger charge is -2.13. The normalized spacial score (nSPS) is 10.9. The highest BCUT2D eigenvalue weighted by molar-refractivity contribution is 6.31. The molecule has 0 atom stereocenters. The van der Waals surface area contributed by atoms with Crippen molar-refractivity contribution in [1.82, 2.24) is 0 Å². The molecule has 31 heavy (non-hydrogen) atoms. The molecule has 0 fully saturated rings. The minimum Gasteiger partial charge on any atom is -0.490 e. The summed E-state index contributed by atoms with van der Waals surface area (Å²) in [4.78, 5) is 10.4. The van der Waals surface area contributed by atoms with Crippen LogP contribution in [0.5, 0.6) is 11.5 Å². The van der Waals surface area contributed by atoms with Gasteiger partial charge in [-0.3, -0.25) is 10.1 Å². The van der Waals surface area contributed by atoms with Crippen molar-refractivity contribution in [3.63, 3.8) is 0 Å². The summed E-state index contributed by atoms with van der Waals surface area (Å²) in [6.07, 6.45) is 1.70. The Morgan fingerprint density at radius 2 is 1.84 bits per heavy atom. The van der Waals surface area contributed by atoms with Gasteiger partial charge < -0.3 is 9.47 Å². The first-order chi connectivity index (χ1) is 15.0. The first-order valence-electron chi connectivity index (χ1n) is 9.51. The summed E-state index contributed by atoms with van der Waals surface area (Å²) in [5.41, 5.74) is 2.54. The Bertz CT molecular complexity index is 1150. The molecule has 0 saturated carbocycles. The van der Waals surface area contributed by atoms with Crippen molar-refractivity contribution in [2.45, 2.75) is 13.5 Å². The van der Waals surface area contributed by atoms with E-state index in [1.807, 2.05) is 31.2 Å². The van der Waals surface area contributed by atoms with Crippen LogP contribution >= 0.6 is 11.6 Å². The molecule has 0 aliphatic heterocycles. The second kappa shape index (κ2) is 10.3. The summed E-state index contributed by atoms with van der Waals surface area (Å²) in [5.74, 6) is 1.11. The first-order valence-corrected chi connectivity index (χ1v) is 9.89. The number of hydrogen-bond acceptors (Lipinski definition) is 5. The Kier molecular flexibility index (Phi) is 7.26. The zero-order chi connectivity index (χ0) is 22.2. The molecule has 7 heteroatoms. The van der Waals surface area contributed by atoms with Gasteiger partial charge in [0, 0.05) is 22.7 Å². The van der Waals surface area contributed by atoms with Crippen LogP contribution in [0.1, 0.15) is 23.6 Å². The highest BCUT2D eigenvalue weighted by Crippen LogP contribution is 2.31. The Morgan fingerprint density at radius 1 is 1.10 bits per heavy atom. The van der Waals surface area contributed by atoms with E-state index in [2.05, 4.69) is 6.07 Å². The van der Waals surface area contributed by atoms with Crippen molar-refractivity contribution in [3.8, 4) is 17.6 Å². The van der Waals surface area contributed by atoms with Gasteiger partial charge >= 0.3 is 0 Å². The zero-order valence-electron chi connectivity index (χ0n) is 16.7. The number of nitro benzene ring substituents is 1. The third-order valence-electron chi connectivity index (χ3n) is 4.43. The maximum absolute atomic E-state index is 10.8. The Labute approximate surface area is 185 Å². The van der Waals surface area contributed by atoms with Gasteiger partial charge in [-0.1, -0.05) is 35.9 Å². The highest BCUT2D eigenvalue weighted by atomic mass is 35.5. The van der Waals surface area contributed by atoms with Gasteiger partial charge in [0.1, 0.15) is 6.61 Å². The van der Waals surface area contributed by atoms with E-state index in [0.29, 0.717) is 40.9 Å². The number of non-ortho nitro benzene ring substituents is 1. The average Bonchev–Trinajstić information content (AvgIpc) is 2.78. The topological polar surface area (TPSA) is 85.4 Å². The number of ether oxygens (including phenoxy) is 2. The SMILES string of the molecule is CCOc1cc(C=C(C#N)c2ccc([N+](=O)[O-])cc2)ccc1OCc1ccccc1Cl. The Morgan fingerprint density at radius 3 is 2.48 bits per heavy atom. The Balaban J connectivity index is 1.85. The van der Waals surface area contributed by atoms with Crippen LogP contribution in [0.2, 0.25) is 5.02 Å². The third-order valence-corrected chi connectivity index (χ3v) is 4.80. The van der Waals surface area contributed by atoms with Crippen LogP contribution in [0, 0.1) is 21.4 Å². The molecule has 0 radical (unpaired) electrons. The summed E-state index contributed by atoms with van der Waals surface area (Å²) in [6.45, 7) is 2.61. The lowest BCUT2D eigenvalue weighted by Crippen LogP contribution is -2.00. The number of nitro groups is 1. The number of nitrogens with zero attached hydrogens (tertiary/aromatic N) is 2. The quantitative estimate of drug-likeness (QED) is 0.180. The number of benzene rings is 3. The molecule has 0 aliphatic rings.